The number of rotatable bonds is 12. The zero-order valence-electron chi connectivity index (χ0n) is 23.1. The highest BCUT2D eigenvalue weighted by Crippen LogP contribution is 2.36. The molecule has 6 nitrogen and oxygen atoms in total. The molecule has 2 aromatic carbocycles. The van der Waals surface area contributed by atoms with E-state index in [0.717, 1.165) is 6.42 Å². The summed E-state index contributed by atoms with van der Waals surface area (Å²) in [5, 5.41) is 2.20. The van der Waals surface area contributed by atoms with Gasteiger partial charge < -0.3 is 23.4 Å². The lowest BCUT2D eigenvalue weighted by molar-refractivity contribution is -0.122. The number of carbonyl (C=O) groups excluding carboxylic acids is 1. The molecule has 2 aromatic rings. The van der Waals surface area contributed by atoms with E-state index in [1.807, 2.05) is 18.2 Å². The number of methoxy groups -OCH3 is 1. The quantitative estimate of drug-likeness (QED) is 0.295. The fraction of sp³-hybridized carbons (Fsp3) is 0.516. The van der Waals surface area contributed by atoms with E-state index >= 15 is 0 Å². The van der Waals surface area contributed by atoms with Gasteiger partial charge in [-0.05, 0) is 28.3 Å². The summed E-state index contributed by atoms with van der Waals surface area (Å²) in [6.45, 7) is 8.03. The smallest absolute Gasteiger partial charge is 0.261 e. The van der Waals surface area contributed by atoms with Crippen molar-refractivity contribution in [1.29, 1.82) is 0 Å². The zero-order chi connectivity index (χ0) is 27.0. The minimum absolute atomic E-state index is 0.0799. The van der Waals surface area contributed by atoms with Gasteiger partial charge in [0.25, 0.3) is 8.32 Å². The fourth-order valence-electron chi connectivity index (χ4n) is 5.56. The third kappa shape index (κ3) is 6.89. The van der Waals surface area contributed by atoms with Crippen molar-refractivity contribution in [3.63, 3.8) is 0 Å². The van der Waals surface area contributed by atoms with Gasteiger partial charge in [0.1, 0.15) is 6.10 Å². The van der Waals surface area contributed by atoms with Crippen LogP contribution >= 0.6 is 0 Å². The van der Waals surface area contributed by atoms with Gasteiger partial charge in [0, 0.05) is 20.0 Å². The Labute approximate surface area is 228 Å². The van der Waals surface area contributed by atoms with Crippen molar-refractivity contribution in [2.24, 2.45) is 0 Å². The predicted octanol–water partition coefficient (Wildman–Crippen LogP) is 4.40. The Morgan fingerprint density at radius 1 is 0.947 bits per heavy atom. The molecule has 2 aliphatic rings. The molecule has 0 aromatic heterocycles. The van der Waals surface area contributed by atoms with Gasteiger partial charge in [0.15, 0.2) is 12.1 Å². The molecule has 0 amide bonds. The van der Waals surface area contributed by atoms with Gasteiger partial charge in [-0.1, -0.05) is 93.6 Å². The van der Waals surface area contributed by atoms with E-state index in [9.17, 15) is 4.79 Å². The first kappa shape index (κ1) is 28.9. The van der Waals surface area contributed by atoms with Gasteiger partial charge in [0.2, 0.25) is 0 Å². The molecular weight excluding hydrogens is 496 g/mol. The van der Waals surface area contributed by atoms with Gasteiger partial charge in [0.05, 0.1) is 32.0 Å². The number of Topliss-reactive ketones (excluding diaryl/α,β-unsaturated/α-hetero) is 1. The molecule has 0 N–H and O–H groups in total. The SMILES string of the molecule is COC1C=CC(CC2OCCO2)OC1CCCC(=O)CO[Si](c1ccccc1)(c1ccccc1)C(C)(C)C. The van der Waals surface area contributed by atoms with E-state index in [1.54, 1.807) is 7.11 Å². The Hall–Kier alpha value is -2.13. The van der Waals surface area contributed by atoms with Crippen molar-refractivity contribution >= 4 is 24.5 Å². The van der Waals surface area contributed by atoms with Crippen molar-refractivity contribution in [2.45, 2.75) is 76.1 Å². The second-order valence-electron chi connectivity index (χ2n) is 11.1. The Balaban J connectivity index is 1.38. The standard InChI is InChI=1S/C31H42O6Si/c1-31(2,3)38(26-13-7-5-8-14-26,27-15-9-6-10-16-27)36-23-24(32)12-11-17-29-28(33-4)19-18-25(37-29)22-30-34-20-21-35-30/h5-10,13-16,18-19,25,28-30H,11-12,17,20-23H2,1-4H3. The highest BCUT2D eigenvalue weighted by atomic mass is 28.4. The number of hydrogen-bond acceptors (Lipinski definition) is 6. The molecule has 1 saturated heterocycles. The summed E-state index contributed by atoms with van der Waals surface area (Å²) in [5.41, 5.74) is 0. The molecule has 3 unspecified atom stereocenters. The minimum Gasteiger partial charge on any atom is -0.400 e. The van der Waals surface area contributed by atoms with Crippen molar-refractivity contribution in [1.82, 2.24) is 0 Å². The van der Waals surface area contributed by atoms with Crippen LogP contribution in [0.3, 0.4) is 0 Å². The molecule has 1 fully saturated rings. The molecule has 2 heterocycles. The van der Waals surface area contributed by atoms with Crippen LogP contribution in [-0.4, -0.2) is 65.6 Å². The summed E-state index contributed by atoms with van der Waals surface area (Å²) < 4.78 is 29.9. The number of hydrogen-bond donors (Lipinski definition) is 0. The van der Waals surface area contributed by atoms with Crippen LogP contribution in [0.1, 0.15) is 46.5 Å². The Morgan fingerprint density at radius 2 is 1.55 bits per heavy atom. The predicted molar refractivity (Wildman–Crippen MR) is 151 cm³/mol. The fourth-order valence-corrected chi connectivity index (χ4v) is 10.1. The lowest BCUT2D eigenvalue weighted by Crippen LogP contribution is -2.67. The maximum atomic E-state index is 13.1. The number of carbonyl (C=O) groups is 1. The maximum Gasteiger partial charge on any atom is 0.261 e. The molecule has 7 heteroatoms. The van der Waals surface area contributed by atoms with E-state index < -0.39 is 8.32 Å². The minimum atomic E-state index is -2.73. The molecule has 3 atom stereocenters. The first-order valence-electron chi connectivity index (χ1n) is 13.7. The molecule has 0 aliphatic carbocycles. The highest BCUT2D eigenvalue weighted by molar-refractivity contribution is 6.99. The van der Waals surface area contributed by atoms with E-state index in [2.05, 4.69) is 75.4 Å². The van der Waals surface area contributed by atoms with E-state index in [1.165, 1.54) is 10.4 Å². The summed E-state index contributed by atoms with van der Waals surface area (Å²) in [6.07, 6.45) is 6.10. The zero-order valence-corrected chi connectivity index (χ0v) is 24.1. The van der Waals surface area contributed by atoms with Gasteiger partial charge in [-0.15, -0.1) is 0 Å². The first-order valence-corrected chi connectivity index (χ1v) is 15.6. The van der Waals surface area contributed by atoms with Crippen LogP contribution in [0.4, 0.5) is 0 Å². The maximum absolute atomic E-state index is 13.1. The summed E-state index contributed by atoms with van der Waals surface area (Å²) >= 11 is 0. The third-order valence-electron chi connectivity index (χ3n) is 7.43. The molecule has 0 spiro atoms. The van der Waals surface area contributed by atoms with Crippen molar-refractivity contribution in [2.75, 3.05) is 26.9 Å². The summed E-state index contributed by atoms with van der Waals surface area (Å²) in [5.74, 6) is 0.114. The van der Waals surface area contributed by atoms with E-state index in [-0.39, 0.29) is 42.0 Å². The number of ether oxygens (including phenoxy) is 4. The lowest BCUT2D eigenvalue weighted by Gasteiger charge is -2.42. The van der Waals surface area contributed by atoms with Crippen LogP contribution in [0, 0.1) is 0 Å². The topological polar surface area (TPSA) is 63.2 Å². The first-order chi connectivity index (χ1) is 18.3. The molecule has 4 rings (SSSR count). The second kappa shape index (κ2) is 13.3. The molecule has 38 heavy (non-hydrogen) atoms. The molecule has 0 bridgehead atoms. The van der Waals surface area contributed by atoms with E-state index in [4.69, 9.17) is 23.4 Å². The normalized spacial score (nSPS) is 22.6. The number of benzene rings is 2. The molecule has 0 saturated carbocycles. The van der Waals surface area contributed by atoms with Crippen LogP contribution in [0.15, 0.2) is 72.8 Å². The summed E-state index contributed by atoms with van der Waals surface area (Å²) in [6, 6.07) is 20.8. The average molecular weight is 539 g/mol. The largest absolute Gasteiger partial charge is 0.400 e. The highest BCUT2D eigenvalue weighted by Gasteiger charge is 2.50. The summed E-state index contributed by atoms with van der Waals surface area (Å²) in [4.78, 5) is 13.1. The Morgan fingerprint density at radius 3 is 2.11 bits per heavy atom. The second-order valence-corrected chi connectivity index (χ2v) is 15.4. The van der Waals surface area contributed by atoms with Crippen LogP contribution in [0.2, 0.25) is 5.04 Å². The van der Waals surface area contributed by atoms with Crippen molar-refractivity contribution in [3.05, 3.63) is 72.8 Å². The lowest BCUT2D eigenvalue weighted by atomic mass is 10.0. The van der Waals surface area contributed by atoms with Crippen molar-refractivity contribution in [3.8, 4) is 0 Å². The van der Waals surface area contributed by atoms with Crippen molar-refractivity contribution < 1.29 is 28.2 Å². The van der Waals surface area contributed by atoms with Crippen LogP contribution < -0.4 is 10.4 Å². The molecule has 206 valence electrons. The number of ketones is 1. The Kier molecular flexibility index (Phi) is 10.1. The van der Waals surface area contributed by atoms with Gasteiger partial charge in [-0.25, -0.2) is 0 Å². The molecular formula is C31H42O6Si. The van der Waals surface area contributed by atoms with Gasteiger partial charge >= 0.3 is 0 Å². The van der Waals surface area contributed by atoms with Crippen LogP contribution in [0.5, 0.6) is 0 Å². The van der Waals surface area contributed by atoms with Crippen LogP contribution in [-0.2, 0) is 28.2 Å². The average Bonchev–Trinajstić information content (AvgIpc) is 3.43. The van der Waals surface area contributed by atoms with Gasteiger partial charge in [-0.2, -0.15) is 0 Å². The van der Waals surface area contributed by atoms with E-state index in [0.29, 0.717) is 32.5 Å². The Bertz CT molecular complexity index is 990. The van der Waals surface area contributed by atoms with Crippen LogP contribution in [0.25, 0.3) is 0 Å². The monoisotopic (exact) mass is 538 g/mol. The summed E-state index contributed by atoms with van der Waals surface area (Å²) in [7, 11) is -1.03. The third-order valence-corrected chi connectivity index (χ3v) is 12.4. The molecule has 0 radical (unpaired) electrons. The van der Waals surface area contributed by atoms with Gasteiger partial charge in [-0.3, -0.25) is 4.79 Å². The molecule has 2 aliphatic heterocycles.